The van der Waals surface area contributed by atoms with Gasteiger partial charge in [0.15, 0.2) is 0 Å². The van der Waals surface area contributed by atoms with Gasteiger partial charge in [0.2, 0.25) is 0 Å². The summed E-state index contributed by atoms with van der Waals surface area (Å²) in [6.45, 7) is 2.41. The second kappa shape index (κ2) is 7.02. The molecular formula is C15H19BrN2O3. The maximum atomic E-state index is 12.2. The Morgan fingerprint density at radius 3 is 2.90 bits per heavy atom. The molecule has 2 rings (SSSR count). The smallest absolute Gasteiger partial charge is 0.270 e. The van der Waals surface area contributed by atoms with E-state index in [-0.39, 0.29) is 11.6 Å². The molecular weight excluding hydrogens is 336 g/mol. The van der Waals surface area contributed by atoms with Crippen LogP contribution in [0.4, 0.5) is 5.69 Å². The van der Waals surface area contributed by atoms with E-state index in [1.54, 1.807) is 13.0 Å². The van der Waals surface area contributed by atoms with Crippen molar-refractivity contribution in [3.63, 3.8) is 0 Å². The molecule has 1 aliphatic rings. The van der Waals surface area contributed by atoms with Crippen molar-refractivity contribution in [3.8, 4) is 0 Å². The van der Waals surface area contributed by atoms with E-state index in [0.29, 0.717) is 22.9 Å². The van der Waals surface area contributed by atoms with E-state index in [4.69, 9.17) is 0 Å². The fourth-order valence-electron chi connectivity index (χ4n) is 2.71. The van der Waals surface area contributed by atoms with Gasteiger partial charge in [-0.05, 0) is 37.7 Å². The van der Waals surface area contributed by atoms with Crippen LogP contribution in [0.2, 0.25) is 0 Å². The number of nitrogens with zero attached hydrogens (tertiary/aromatic N) is 1. The largest absolute Gasteiger partial charge is 0.352 e. The molecule has 21 heavy (non-hydrogen) atoms. The summed E-state index contributed by atoms with van der Waals surface area (Å²) in [5.41, 5.74) is 1.08. The highest BCUT2D eigenvalue weighted by Gasteiger charge is 2.21. The lowest BCUT2D eigenvalue weighted by atomic mass is 9.89. The van der Waals surface area contributed by atoms with E-state index in [1.165, 1.54) is 25.0 Å². The van der Waals surface area contributed by atoms with Gasteiger partial charge in [0, 0.05) is 29.1 Å². The van der Waals surface area contributed by atoms with Gasteiger partial charge in [-0.3, -0.25) is 14.9 Å². The molecule has 0 saturated heterocycles. The van der Waals surface area contributed by atoms with Crippen molar-refractivity contribution >= 4 is 27.5 Å². The van der Waals surface area contributed by atoms with Crippen molar-refractivity contribution in [1.82, 2.24) is 5.32 Å². The van der Waals surface area contributed by atoms with Crippen LogP contribution in [0.25, 0.3) is 0 Å². The van der Waals surface area contributed by atoms with Gasteiger partial charge in [-0.15, -0.1) is 0 Å². The van der Waals surface area contributed by atoms with Crippen molar-refractivity contribution in [2.45, 2.75) is 37.4 Å². The van der Waals surface area contributed by atoms with Crippen LogP contribution in [-0.2, 0) is 0 Å². The summed E-state index contributed by atoms with van der Waals surface area (Å²) in [6, 6.07) is 4.38. The molecule has 1 amide bonds. The van der Waals surface area contributed by atoms with Crippen molar-refractivity contribution in [2.24, 2.45) is 5.92 Å². The third-order valence-electron chi connectivity index (χ3n) is 3.95. The predicted molar refractivity (Wildman–Crippen MR) is 84.8 cm³/mol. The quantitative estimate of drug-likeness (QED) is 0.510. The zero-order valence-corrected chi connectivity index (χ0v) is 13.6. The number of halogens is 1. The SMILES string of the molecule is Cc1ccc([N+](=O)[O-])cc1C(=O)NCC1CCCC(Br)C1. The van der Waals surface area contributed by atoms with Gasteiger partial charge < -0.3 is 5.32 Å². The summed E-state index contributed by atoms with van der Waals surface area (Å²) < 4.78 is 0. The first kappa shape index (κ1) is 15.9. The van der Waals surface area contributed by atoms with Crippen LogP contribution in [-0.4, -0.2) is 22.2 Å². The Labute approximate surface area is 132 Å². The topological polar surface area (TPSA) is 72.2 Å². The van der Waals surface area contributed by atoms with Gasteiger partial charge in [-0.1, -0.05) is 28.4 Å². The first-order chi connectivity index (χ1) is 9.97. The third kappa shape index (κ3) is 4.27. The molecule has 0 bridgehead atoms. The van der Waals surface area contributed by atoms with Crippen LogP contribution in [0.15, 0.2) is 18.2 Å². The number of nitrogens with one attached hydrogen (secondary N) is 1. The highest BCUT2D eigenvalue weighted by atomic mass is 79.9. The zero-order chi connectivity index (χ0) is 15.4. The van der Waals surface area contributed by atoms with E-state index < -0.39 is 4.92 Å². The molecule has 0 radical (unpaired) electrons. The molecule has 1 fully saturated rings. The Morgan fingerprint density at radius 1 is 1.48 bits per heavy atom. The van der Waals surface area contributed by atoms with Gasteiger partial charge in [0.05, 0.1) is 4.92 Å². The third-order valence-corrected chi connectivity index (χ3v) is 4.78. The number of alkyl halides is 1. The predicted octanol–water partition coefficient (Wildman–Crippen LogP) is 3.59. The standard InChI is InChI=1S/C15H19BrN2O3/c1-10-5-6-13(18(20)21)8-14(10)15(19)17-9-11-3-2-4-12(16)7-11/h5-6,8,11-12H,2-4,7,9H2,1H3,(H,17,19). The summed E-state index contributed by atoms with van der Waals surface area (Å²) in [4.78, 5) is 23.1. The van der Waals surface area contributed by atoms with Crippen molar-refractivity contribution in [3.05, 3.63) is 39.4 Å². The van der Waals surface area contributed by atoms with Gasteiger partial charge in [-0.25, -0.2) is 0 Å². The molecule has 5 nitrogen and oxygen atoms in total. The van der Waals surface area contributed by atoms with Crippen LogP contribution >= 0.6 is 15.9 Å². The number of carbonyl (C=O) groups excluding carboxylic acids is 1. The van der Waals surface area contributed by atoms with Crippen LogP contribution in [0.3, 0.4) is 0 Å². The minimum Gasteiger partial charge on any atom is -0.352 e. The summed E-state index contributed by atoms with van der Waals surface area (Å²) in [6.07, 6.45) is 4.55. The normalized spacial score (nSPS) is 21.8. The molecule has 0 spiro atoms. The monoisotopic (exact) mass is 354 g/mol. The number of amides is 1. The van der Waals surface area contributed by atoms with Crippen molar-refractivity contribution in [2.75, 3.05) is 6.54 Å². The van der Waals surface area contributed by atoms with Crippen molar-refractivity contribution in [1.29, 1.82) is 0 Å². The van der Waals surface area contributed by atoms with E-state index in [9.17, 15) is 14.9 Å². The number of hydrogen-bond acceptors (Lipinski definition) is 3. The first-order valence-corrected chi connectivity index (χ1v) is 8.06. The molecule has 6 heteroatoms. The Balaban J connectivity index is 1.99. The number of benzene rings is 1. The Bertz CT molecular complexity index is 548. The van der Waals surface area contributed by atoms with Crippen LogP contribution in [0.5, 0.6) is 0 Å². The van der Waals surface area contributed by atoms with Gasteiger partial charge in [0.1, 0.15) is 0 Å². The number of nitro benzene ring substituents is 1. The lowest BCUT2D eigenvalue weighted by molar-refractivity contribution is -0.384. The Hall–Kier alpha value is -1.43. The molecule has 1 saturated carbocycles. The summed E-state index contributed by atoms with van der Waals surface area (Å²) in [5, 5.41) is 13.7. The average molecular weight is 355 g/mol. The second-order valence-corrected chi connectivity index (χ2v) is 6.89. The Morgan fingerprint density at radius 2 is 2.24 bits per heavy atom. The van der Waals surface area contributed by atoms with Crippen molar-refractivity contribution < 1.29 is 9.72 Å². The molecule has 2 atom stereocenters. The Kier molecular flexibility index (Phi) is 5.33. The molecule has 114 valence electrons. The summed E-state index contributed by atoms with van der Waals surface area (Å²) >= 11 is 3.63. The molecule has 1 aliphatic carbocycles. The number of carbonyl (C=O) groups is 1. The maximum Gasteiger partial charge on any atom is 0.270 e. The van der Waals surface area contributed by atoms with Crippen LogP contribution in [0.1, 0.15) is 41.6 Å². The molecule has 0 aliphatic heterocycles. The average Bonchev–Trinajstić information content (AvgIpc) is 2.45. The number of non-ortho nitro benzene ring substituents is 1. The molecule has 2 unspecified atom stereocenters. The van der Waals surface area contributed by atoms with Gasteiger partial charge >= 0.3 is 0 Å². The molecule has 1 N–H and O–H groups in total. The van der Waals surface area contributed by atoms with E-state index >= 15 is 0 Å². The highest BCUT2D eigenvalue weighted by Crippen LogP contribution is 2.28. The minimum absolute atomic E-state index is 0.0519. The fraction of sp³-hybridized carbons (Fsp3) is 0.533. The second-order valence-electron chi connectivity index (χ2n) is 5.60. The summed E-state index contributed by atoms with van der Waals surface area (Å²) in [7, 11) is 0. The fourth-order valence-corrected chi connectivity index (χ4v) is 3.56. The lowest BCUT2D eigenvalue weighted by Gasteiger charge is -2.25. The number of aryl methyl sites for hydroxylation is 1. The van der Waals surface area contributed by atoms with Crippen LogP contribution in [0, 0.1) is 23.0 Å². The van der Waals surface area contributed by atoms with Crippen LogP contribution < -0.4 is 5.32 Å². The van der Waals surface area contributed by atoms with Gasteiger partial charge in [0.25, 0.3) is 11.6 Å². The van der Waals surface area contributed by atoms with Gasteiger partial charge in [-0.2, -0.15) is 0 Å². The number of hydrogen-bond donors (Lipinski definition) is 1. The van der Waals surface area contributed by atoms with E-state index in [0.717, 1.165) is 18.4 Å². The molecule has 1 aromatic carbocycles. The number of rotatable bonds is 4. The maximum absolute atomic E-state index is 12.2. The first-order valence-electron chi connectivity index (χ1n) is 7.14. The summed E-state index contributed by atoms with van der Waals surface area (Å²) in [5.74, 6) is 0.249. The highest BCUT2D eigenvalue weighted by molar-refractivity contribution is 9.09. The van der Waals surface area contributed by atoms with E-state index in [2.05, 4.69) is 21.2 Å². The lowest BCUT2D eigenvalue weighted by Crippen LogP contribution is -2.32. The minimum atomic E-state index is -0.479. The zero-order valence-electron chi connectivity index (χ0n) is 12.0. The molecule has 0 aromatic heterocycles. The number of nitro groups is 1. The molecule has 1 aromatic rings. The molecule has 0 heterocycles. The van der Waals surface area contributed by atoms with E-state index in [1.807, 2.05) is 0 Å².